The van der Waals surface area contributed by atoms with E-state index in [1.54, 1.807) is 24.1 Å². The second kappa shape index (κ2) is 4.08. The van der Waals surface area contributed by atoms with Gasteiger partial charge in [-0.3, -0.25) is 4.90 Å². The number of carbonyl (C=O) groups is 1. The summed E-state index contributed by atoms with van der Waals surface area (Å²) in [7, 11) is 0. The van der Waals surface area contributed by atoms with Crippen molar-refractivity contribution in [3.8, 4) is 0 Å². The molecule has 1 aromatic rings. The van der Waals surface area contributed by atoms with Gasteiger partial charge in [-0.2, -0.15) is 0 Å². The summed E-state index contributed by atoms with van der Waals surface area (Å²) in [5.74, 6) is 1.61. The molecule has 1 aliphatic rings. The van der Waals surface area contributed by atoms with Crippen molar-refractivity contribution in [2.45, 2.75) is 26.8 Å². The lowest BCUT2D eigenvalue weighted by Crippen LogP contribution is -2.37. The third-order valence-electron chi connectivity index (χ3n) is 2.68. The Morgan fingerprint density at radius 2 is 2.31 bits per heavy atom. The van der Waals surface area contributed by atoms with Gasteiger partial charge >= 0.3 is 6.09 Å². The Morgan fingerprint density at radius 3 is 2.94 bits per heavy atom. The molecule has 0 N–H and O–H groups in total. The van der Waals surface area contributed by atoms with Gasteiger partial charge in [0.15, 0.2) is 0 Å². The summed E-state index contributed by atoms with van der Waals surface area (Å²) in [6.07, 6.45) is 1.33. The summed E-state index contributed by atoms with van der Waals surface area (Å²) in [5.41, 5.74) is 0. The Morgan fingerprint density at radius 1 is 1.56 bits per heavy atom. The van der Waals surface area contributed by atoms with E-state index < -0.39 is 0 Å². The normalized spacial score (nSPS) is 20.4. The topological polar surface area (TPSA) is 55.3 Å². The van der Waals surface area contributed by atoms with Crippen molar-refractivity contribution in [1.82, 2.24) is 9.97 Å². The van der Waals surface area contributed by atoms with E-state index in [0.717, 1.165) is 0 Å². The molecule has 2 rings (SSSR count). The summed E-state index contributed by atoms with van der Waals surface area (Å²) < 4.78 is 5.06. The number of nitrogens with zero attached hydrogens (tertiary/aromatic N) is 3. The number of aryl methyl sites for hydroxylation is 1. The van der Waals surface area contributed by atoms with Crippen LogP contribution in [-0.2, 0) is 4.74 Å². The second-order valence-corrected chi connectivity index (χ2v) is 4.22. The molecule has 5 heteroatoms. The number of aromatic nitrogens is 2. The number of anilines is 1. The molecule has 0 aliphatic carbocycles. The van der Waals surface area contributed by atoms with Gasteiger partial charge < -0.3 is 4.74 Å². The van der Waals surface area contributed by atoms with Gasteiger partial charge in [0.2, 0.25) is 0 Å². The standard InChI is InChI=1S/C11H15N3O2/c1-7(2)9-6-16-11(15)14(9)10-4-5-12-8(3)13-10/h4-5,7,9H,6H2,1-3H3. The first-order valence-corrected chi connectivity index (χ1v) is 5.35. The first kappa shape index (κ1) is 10.9. The van der Waals surface area contributed by atoms with Gasteiger partial charge in [0.05, 0.1) is 6.04 Å². The molecule has 1 atom stereocenters. The zero-order valence-electron chi connectivity index (χ0n) is 9.67. The van der Waals surface area contributed by atoms with Gasteiger partial charge in [0.25, 0.3) is 0 Å². The minimum atomic E-state index is -0.322. The number of hydrogen-bond donors (Lipinski definition) is 0. The van der Waals surface area contributed by atoms with Crippen LogP contribution in [0.1, 0.15) is 19.7 Å². The molecule has 1 saturated heterocycles. The molecule has 16 heavy (non-hydrogen) atoms. The monoisotopic (exact) mass is 221 g/mol. The molecule has 1 aliphatic heterocycles. The van der Waals surface area contributed by atoms with E-state index in [9.17, 15) is 4.79 Å². The minimum Gasteiger partial charge on any atom is -0.447 e. The maximum atomic E-state index is 11.6. The lowest BCUT2D eigenvalue weighted by Gasteiger charge is -2.23. The van der Waals surface area contributed by atoms with Crippen molar-refractivity contribution in [3.63, 3.8) is 0 Å². The first-order valence-electron chi connectivity index (χ1n) is 5.35. The summed E-state index contributed by atoms with van der Waals surface area (Å²) >= 11 is 0. The SMILES string of the molecule is Cc1nccc(N2C(=O)OCC2C(C)C)n1. The van der Waals surface area contributed by atoms with Crippen LogP contribution in [0.4, 0.5) is 10.6 Å². The smallest absolute Gasteiger partial charge is 0.415 e. The predicted molar refractivity (Wildman–Crippen MR) is 59.2 cm³/mol. The van der Waals surface area contributed by atoms with E-state index in [1.807, 2.05) is 0 Å². The van der Waals surface area contributed by atoms with Crippen LogP contribution in [0.5, 0.6) is 0 Å². The lowest BCUT2D eigenvalue weighted by molar-refractivity contribution is 0.177. The quantitative estimate of drug-likeness (QED) is 0.763. The largest absolute Gasteiger partial charge is 0.447 e. The lowest BCUT2D eigenvalue weighted by atomic mass is 10.0. The van der Waals surface area contributed by atoms with E-state index in [-0.39, 0.29) is 12.1 Å². The van der Waals surface area contributed by atoms with Gasteiger partial charge in [0.1, 0.15) is 18.2 Å². The molecular formula is C11H15N3O2. The van der Waals surface area contributed by atoms with E-state index in [4.69, 9.17) is 4.74 Å². The Bertz CT molecular complexity index is 406. The number of carbonyl (C=O) groups excluding carboxylic acids is 1. The molecule has 0 bridgehead atoms. The van der Waals surface area contributed by atoms with Crippen LogP contribution in [0.25, 0.3) is 0 Å². The second-order valence-electron chi connectivity index (χ2n) is 4.22. The molecule has 5 nitrogen and oxygen atoms in total. The fraction of sp³-hybridized carbons (Fsp3) is 0.545. The van der Waals surface area contributed by atoms with E-state index in [2.05, 4.69) is 23.8 Å². The fourth-order valence-corrected chi connectivity index (χ4v) is 1.77. The van der Waals surface area contributed by atoms with Crippen LogP contribution in [-0.4, -0.2) is 28.7 Å². The Hall–Kier alpha value is -1.65. The highest BCUT2D eigenvalue weighted by atomic mass is 16.6. The van der Waals surface area contributed by atoms with Crippen molar-refractivity contribution in [3.05, 3.63) is 18.1 Å². The van der Waals surface area contributed by atoms with Gasteiger partial charge in [-0.05, 0) is 18.9 Å². The van der Waals surface area contributed by atoms with Crippen LogP contribution in [0.15, 0.2) is 12.3 Å². The summed E-state index contributed by atoms with van der Waals surface area (Å²) in [6.45, 7) is 6.36. The average molecular weight is 221 g/mol. The molecule has 86 valence electrons. The number of rotatable bonds is 2. The summed E-state index contributed by atoms with van der Waals surface area (Å²) in [4.78, 5) is 21.5. The van der Waals surface area contributed by atoms with Gasteiger partial charge in [0, 0.05) is 6.20 Å². The first-order chi connectivity index (χ1) is 7.59. The molecule has 0 spiro atoms. The maximum absolute atomic E-state index is 11.6. The van der Waals surface area contributed by atoms with E-state index in [0.29, 0.717) is 24.2 Å². The van der Waals surface area contributed by atoms with Crippen LogP contribution in [0, 0.1) is 12.8 Å². The molecule has 1 amide bonds. The third-order valence-corrected chi connectivity index (χ3v) is 2.68. The van der Waals surface area contributed by atoms with Crippen LogP contribution in [0.3, 0.4) is 0 Å². The molecular weight excluding hydrogens is 206 g/mol. The Labute approximate surface area is 94.5 Å². The van der Waals surface area contributed by atoms with Gasteiger partial charge in [-0.1, -0.05) is 13.8 Å². The highest BCUT2D eigenvalue weighted by Crippen LogP contribution is 2.24. The molecule has 0 aromatic carbocycles. The highest BCUT2D eigenvalue weighted by Gasteiger charge is 2.36. The van der Waals surface area contributed by atoms with Crippen LogP contribution >= 0.6 is 0 Å². The zero-order valence-corrected chi connectivity index (χ0v) is 9.67. The molecule has 1 unspecified atom stereocenters. The van der Waals surface area contributed by atoms with E-state index in [1.165, 1.54) is 0 Å². The van der Waals surface area contributed by atoms with Crippen LogP contribution < -0.4 is 4.90 Å². The third kappa shape index (κ3) is 1.85. The number of cyclic esters (lactones) is 1. The zero-order chi connectivity index (χ0) is 11.7. The molecule has 1 fully saturated rings. The van der Waals surface area contributed by atoms with Crippen molar-refractivity contribution in [2.24, 2.45) is 5.92 Å². The van der Waals surface area contributed by atoms with Gasteiger partial charge in [-0.25, -0.2) is 14.8 Å². The van der Waals surface area contributed by atoms with Gasteiger partial charge in [-0.15, -0.1) is 0 Å². The van der Waals surface area contributed by atoms with Crippen molar-refractivity contribution in [2.75, 3.05) is 11.5 Å². The van der Waals surface area contributed by atoms with E-state index >= 15 is 0 Å². The summed E-state index contributed by atoms with van der Waals surface area (Å²) in [5, 5.41) is 0. The van der Waals surface area contributed by atoms with Crippen molar-refractivity contribution < 1.29 is 9.53 Å². The average Bonchev–Trinajstić information content (AvgIpc) is 2.60. The number of ether oxygens (including phenoxy) is 1. The maximum Gasteiger partial charge on any atom is 0.415 e. The van der Waals surface area contributed by atoms with Crippen molar-refractivity contribution in [1.29, 1.82) is 0 Å². The fourth-order valence-electron chi connectivity index (χ4n) is 1.77. The predicted octanol–water partition coefficient (Wildman–Crippen LogP) is 1.77. The molecule has 2 heterocycles. The van der Waals surface area contributed by atoms with Crippen molar-refractivity contribution >= 4 is 11.9 Å². The summed E-state index contributed by atoms with van der Waals surface area (Å²) in [6, 6.07) is 1.79. The molecule has 0 saturated carbocycles. The molecule has 0 radical (unpaired) electrons. The number of hydrogen-bond acceptors (Lipinski definition) is 4. The minimum absolute atomic E-state index is 0.0572. The highest BCUT2D eigenvalue weighted by molar-refractivity contribution is 5.89. The number of amides is 1. The van der Waals surface area contributed by atoms with Crippen LogP contribution in [0.2, 0.25) is 0 Å². The molecule has 1 aromatic heterocycles. The Kier molecular flexibility index (Phi) is 2.77. The Balaban J connectivity index is 2.33.